The van der Waals surface area contributed by atoms with E-state index >= 15 is 0 Å². The molecule has 23 heavy (non-hydrogen) atoms. The fourth-order valence-corrected chi connectivity index (χ4v) is 4.82. The number of amides is 1. The van der Waals surface area contributed by atoms with Crippen molar-refractivity contribution in [3.63, 3.8) is 0 Å². The minimum absolute atomic E-state index is 0.325. The maximum atomic E-state index is 13.0. The standard InChI is InChI=1S/C16H26N2O4S/c1-12-9-10-15(22-12)14-8-6-5-7-11-18(14)23(20,21)13(2)16(19)17(3)4/h9-10,13-14H,5-8,11H2,1-4H3. The highest BCUT2D eigenvalue weighted by atomic mass is 32.2. The number of hydrogen-bond acceptors (Lipinski definition) is 4. The van der Waals surface area contributed by atoms with Gasteiger partial charge in [0.1, 0.15) is 11.5 Å². The van der Waals surface area contributed by atoms with Gasteiger partial charge in [0.25, 0.3) is 0 Å². The summed E-state index contributed by atoms with van der Waals surface area (Å²) < 4.78 is 33.2. The zero-order chi connectivity index (χ0) is 17.2. The molecule has 0 spiro atoms. The minimum atomic E-state index is -3.74. The van der Waals surface area contributed by atoms with Crippen molar-refractivity contribution in [2.24, 2.45) is 0 Å². The Kier molecular flexibility index (Phi) is 5.52. The third kappa shape index (κ3) is 3.77. The molecular formula is C16H26N2O4S. The van der Waals surface area contributed by atoms with Gasteiger partial charge in [-0.3, -0.25) is 4.79 Å². The summed E-state index contributed by atoms with van der Waals surface area (Å²) in [4.78, 5) is 13.5. The first-order valence-electron chi connectivity index (χ1n) is 8.03. The van der Waals surface area contributed by atoms with Crippen LogP contribution in [0.1, 0.15) is 50.2 Å². The molecule has 130 valence electrons. The molecule has 0 N–H and O–H groups in total. The van der Waals surface area contributed by atoms with Crippen molar-refractivity contribution in [1.82, 2.24) is 9.21 Å². The first-order chi connectivity index (χ1) is 10.7. The van der Waals surface area contributed by atoms with Crippen LogP contribution in [0.4, 0.5) is 0 Å². The Morgan fingerprint density at radius 2 is 2.00 bits per heavy atom. The van der Waals surface area contributed by atoms with Gasteiger partial charge in [-0.1, -0.05) is 12.8 Å². The summed E-state index contributed by atoms with van der Waals surface area (Å²) in [6.07, 6.45) is 3.46. The van der Waals surface area contributed by atoms with E-state index in [0.29, 0.717) is 12.3 Å². The molecule has 1 aliphatic rings. The fraction of sp³-hybridized carbons (Fsp3) is 0.688. The van der Waals surface area contributed by atoms with E-state index in [0.717, 1.165) is 31.4 Å². The Bertz CT molecular complexity index is 651. The molecule has 2 unspecified atom stereocenters. The molecule has 0 saturated carbocycles. The van der Waals surface area contributed by atoms with E-state index in [1.54, 1.807) is 14.1 Å². The van der Waals surface area contributed by atoms with Crippen LogP contribution in [-0.4, -0.2) is 49.4 Å². The Morgan fingerprint density at radius 3 is 2.57 bits per heavy atom. The molecular weight excluding hydrogens is 316 g/mol. The van der Waals surface area contributed by atoms with Crippen LogP contribution in [0.2, 0.25) is 0 Å². The van der Waals surface area contributed by atoms with Crippen LogP contribution in [0.25, 0.3) is 0 Å². The highest BCUT2D eigenvalue weighted by molar-refractivity contribution is 7.90. The van der Waals surface area contributed by atoms with Crippen molar-refractivity contribution in [2.45, 2.75) is 50.8 Å². The van der Waals surface area contributed by atoms with Gasteiger partial charge < -0.3 is 9.32 Å². The molecule has 2 heterocycles. The van der Waals surface area contributed by atoms with E-state index in [-0.39, 0.29) is 6.04 Å². The molecule has 2 rings (SSSR count). The number of nitrogens with zero attached hydrogens (tertiary/aromatic N) is 2. The molecule has 1 aliphatic heterocycles. The maximum Gasteiger partial charge on any atom is 0.241 e. The molecule has 0 bridgehead atoms. The Hall–Kier alpha value is -1.34. The van der Waals surface area contributed by atoms with Crippen molar-refractivity contribution in [2.75, 3.05) is 20.6 Å². The fourth-order valence-electron chi connectivity index (χ4n) is 3.00. The van der Waals surface area contributed by atoms with Gasteiger partial charge in [0.15, 0.2) is 5.25 Å². The lowest BCUT2D eigenvalue weighted by Gasteiger charge is -2.30. The largest absolute Gasteiger partial charge is 0.465 e. The second-order valence-corrected chi connectivity index (χ2v) is 8.55. The van der Waals surface area contributed by atoms with E-state index in [2.05, 4.69) is 0 Å². The SMILES string of the molecule is Cc1ccc(C2CCCCCN2S(=O)(=O)C(C)C(=O)N(C)C)o1. The van der Waals surface area contributed by atoms with Crippen LogP contribution < -0.4 is 0 Å². The van der Waals surface area contributed by atoms with Crippen molar-refractivity contribution < 1.29 is 17.6 Å². The predicted octanol–water partition coefficient (Wildman–Crippen LogP) is 2.31. The average Bonchev–Trinajstić information content (AvgIpc) is 2.77. The molecule has 7 heteroatoms. The Labute approximate surface area is 138 Å². The normalized spacial score (nSPS) is 21.7. The summed E-state index contributed by atoms with van der Waals surface area (Å²) >= 11 is 0. The van der Waals surface area contributed by atoms with Crippen LogP contribution in [0.3, 0.4) is 0 Å². The highest BCUT2D eigenvalue weighted by Gasteiger charge is 2.40. The second-order valence-electron chi connectivity index (χ2n) is 6.34. The minimum Gasteiger partial charge on any atom is -0.465 e. The molecule has 0 radical (unpaired) electrons. The van der Waals surface area contributed by atoms with Crippen LogP contribution in [0, 0.1) is 6.92 Å². The first-order valence-corrected chi connectivity index (χ1v) is 9.53. The van der Waals surface area contributed by atoms with Gasteiger partial charge in [-0.05, 0) is 38.8 Å². The molecule has 1 saturated heterocycles. The van der Waals surface area contributed by atoms with Crippen molar-refractivity contribution >= 4 is 15.9 Å². The number of hydrogen-bond donors (Lipinski definition) is 0. The van der Waals surface area contributed by atoms with Crippen molar-refractivity contribution in [1.29, 1.82) is 0 Å². The molecule has 1 amide bonds. The van der Waals surface area contributed by atoms with Gasteiger partial charge in [-0.25, -0.2) is 8.42 Å². The number of carbonyl (C=O) groups excluding carboxylic acids is 1. The number of rotatable bonds is 4. The summed E-state index contributed by atoms with van der Waals surface area (Å²) in [6, 6.07) is 3.36. The monoisotopic (exact) mass is 342 g/mol. The highest BCUT2D eigenvalue weighted by Crippen LogP contribution is 2.34. The summed E-state index contributed by atoms with van der Waals surface area (Å²) in [6.45, 7) is 3.74. The van der Waals surface area contributed by atoms with Crippen LogP contribution in [-0.2, 0) is 14.8 Å². The average molecular weight is 342 g/mol. The Morgan fingerprint density at radius 1 is 1.30 bits per heavy atom. The van der Waals surface area contributed by atoms with Crippen LogP contribution in [0.15, 0.2) is 16.5 Å². The third-order valence-corrected chi connectivity index (χ3v) is 6.54. The molecule has 2 atom stereocenters. The van der Waals surface area contributed by atoms with E-state index in [9.17, 15) is 13.2 Å². The molecule has 0 aromatic carbocycles. The molecule has 1 fully saturated rings. The van der Waals surface area contributed by atoms with Gasteiger partial charge in [0, 0.05) is 20.6 Å². The summed E-state index contributed by atoms with van der Waals surface area (Å²) in [5, 5.41) is -1.09. The molecule has 1 aromatic rings. The van der Waals surface area contributed by atoms with Crippen LogP contribution >= 0.6 is 0 Å². The summed E-state index contributed by atoms with van der Waals surface area (Å²) in [5.41, 5.74) is 0. The first kappa shape index (κ1) is 18.0. The lowest BCUT2D eigenvalue weighted by Crippen LogP contribution is -2.46. The number of furan rings is 1. The lowest BCUT2D eigenvalue weighted by atomic mass is 10.1. The van der Waals surface area contributed by atoms with E-state index in [4.69, 9.17) is 4.42 Å². The number of sulfonamides is 1. The second kappa shape index (κ2) is 7.05. The van der Waals surface area contributed by atoms with Gasteiger partial charge in [0.05, 0.1) is 6.04 Å². The topological polar surface area (TPSA) is 70.8 Å². The van der Waals surface area contributed by atoms with Gasteiger partial charge >= 0.3 is 0 Å². The van der Waals surface area contributed by atoms with Crippen molar-refractivity contribution in [3.8, 4) is 0 Å². The molecule has 0 aliphatic carbocycles. The lowest BCUT2D eigenvalue weighted by molar-refractivity contribution is -0.128. The molecule has 1 aromatic heterocycles. The maximum absolute atomic E-state index is 13.0. The zero-order valence-corrected chi connectivity index (χ0v) is 15.1. The van der Waals surface area contributed by atoms with Gasteiger partial charge in [-0.2, -0.15) is 4.31 Å². The van der Waals surface area contributed by atoms with Gasteiger partial charge in [0.2, 0.25) is 15.9 Å². The smallest absolute Gasteiger partial charge is 0.241 e. The number of aryl methyl sites for hydroxylation is 1. The number of carbonyl (C=O) groups is 1. The van der Waals surface area contributed by atoms with E-state index in [1.807, 2.05) is 19.1 Å². The summed E-state index contributed by atoms with van der Waals surface area (Å²) in [5.74, 6) is 1.03. The van der Waals surface area contributed by atoms with E-state index < -0.39 is 21.2 Å². The summed E-state index contributed by atoms with van der Waals surface area (Å²) in [7, 11) is -0.588. The van der Waals surface area contributed by atoms with Crippen LogP contribution in [0.5, 0.6) is 0 Å². The van der Waals surface area contributed by atoms with E-state index in [1.165, 1.54) is 16.1 Å². The van der Waals surface area contributed by atoms with Crippen molar-refractivity contribution in [3.05, 3.63) is 23.7 Å². The molecule has 6 nitrogen and oxygen atoms in total. The predicted molar refractivity (Wildman–Crippen MR) is 88.4 cm³/mol. The third-order valence-electron chi connectivity index (χ3n) is 4.36. The zero-order valence-electron chi connectivity index (χ0n) is 14.3. The van der Waals surface area contributed by atoms with Gasteiger partial charge in [-0.15, -0.1) is 0 Å². The Balaban J connectivity index is 2.36. The quantitative estimate of drug-likeness (QED) is 0.842.